The molecule has 0 saturated carbocycles. The molecule has 2 heterocycles. The van der Waals surface area contributed by atoms with Crippen LogP contribution in [0.4, 0.5) is 4.39 Å². The first kappa shape index (κ1) is 23.0. The first-order valence-electron chi connectivity index (χ1n) is 10.1. The molecule has 0 fully saturated rings. The van der Waals surface area contributed by atoms with Crippen molar-refractivity contribution in [2.24, 2.45) is 16.5 Å². The van der Waals surface area contributed by atoms with Gasteiger partial charge in [-0.15, -0.1) is 0 Å². The zero-order valence-electron chi connectivity index (χ0n) is 18.0. The highest BCUT2D eigenvalue weighted by atomic mass is 19.1. The van der Waals surface area contributed by atoms with E-state index in [9.17, 15) is 14.3 Å². The number of aromatic nitrogens is 2. The van der Waals surface area contributed by atoms with Crippen molar-refractivity contribution in [3.8, 4) is 16.9 Å². The van der Waals surface area contributed by atoms with Gasteiger partial charge in [-0.3, -0.25) is 4.99 Å². The highest BCUT2D eigenvalue weighted by Gasteiger charge is 2.15. The zero-order chi connectivity index (χ0) is 23.3. The Labute approximate surface area is 185 Å². The van der Waals surface area contributed by atoms with Gasteiger partial charge >= 0.3 is 5.97 Å². The lowest BCUT2D eigenvalue weighted by Crippen LogP contribution is -2.18. The predicted octanol–water partition coefficient (Wildman–Crippen LogP) is 2.80. The number of imidazole rings is 1. The van der Waals surface area contributed by atoms with E-state index in [4.69, 9.17) is 16.2 Å². The number of aliphatic carboxylic acids is 1. The number of carbonyl (C=O) groups is 1. The van der Waals surface area contributed by atoms with E-state index < -0.39 is 11.8 Å². The number of ether oxygens (including phenoxy) is 1. The van der Waals surface area contributed by atoms with Crippen LogP contribution in [0.3, 0.4) is 0 Å². The fraction of sp³-hybridized carbons (Fsp3) is 0.261. The van der Waals surface area contributed by atoms with Crippen molar-refractivity contribution in [1.29, 1.82) is 0 Å². The Balaban J connectivity index is 1.91. The van der Waals surface area contributed by atoms with Gasteiger partial charge in [0.15, 0.2) is 0 Å². The Morgan fingerprint density at radius 2 is 2.09 bits per heavy atom. The number of nitrogens with zero attached hydrogens (tertiary/aromatic N) is 3. The maximum Gasteiger partial charge on any atom is 0.352 e. The topological polar surface area (TPSA) is 128 Å². The third-order valence-electron chi connectivity index (χ3n) is 5.17. The van der Waals surface area contributed by atoms with E-state index >= 15 is 0 Å². The third kappa shape index (κ3) is 4.94. The minimum Gasteiger partial charge on any atom is -0.493 e. The van der Waals surface area contributed by atoms with Gasteiger partial charge in [-0.1, -0.05) is 0 Å². The molecule has 0 amide bonds. The number of fused-ring (bicyclic) bond motifs is 1. The minimum atomic E-state index is -1.22. The van der Waals surface area contributed by atoms with E-state index in [1.807, 2.05) is 22.7 Å². The predicted molar refractivity (Wildman–Crippen MR) is 121 cm³/mol. The second-order valence-corrected chi connectivity index (χ2v) is 7.18. The van der Waals surface area contributed by atoms with Crippen molar-refractivity contribution in [2.75, 3.05) is 20.2 Å². The van der Waals surface area contributed by atoms with Crippen LogP contribution < -0.4 is 16.2 Å². The van der Waals surface area contributed by atoms with Crippen molar-refractivity contribution in [1.82, 2.24) is 9.38 Å². The summed E-state index contributed by atoms with van der Waals surface area (Å²) in [6, 6.07) is 7.96. The first-order chi connectivity index (χ1) is 15.3. The van der Waals surface area contributed by atoms with Crippen LogP contribution in [0.1, 0.15) is 19.0 Å². The standard InChI is InChI=1S/C23H26FN5O3/c1-14(27-2)18(22(26)23(30)31)8-10-32-20-5-4-16(24)11-19(20)15-3-6-21-28-12-17(7-9-25)29(21)13-15/h3-6,11-13H,7-10,25-26H2,1-2H3,(H,30,31). The molecule has 0 radical (unpaired) electrons. The minimum absolute atomic E-state index is 0.139. The van der Waals surface area contributed by atoms with Gasteiger partial charge in [0.2, 0.25) is 0 Å². The van der Waals surface area contributed by atoms with Crippen LogP contribution in [0.25, 0.3) is 16.8 Å². The molecule has 3 rings (SSSR count). The number of hydrogen-bond donors (Lipinski definition) is 3. The van der Waals surface area contributed by atoms with Crippen LogP contribution in [0.5, 0.6) is 5.75 Å². The number of hydrogen-bond acceptors (Lipinski definition) is 6. The molecular formula is C23H26FN5O3. The van der Waals surface area contributed by atoms with E-state index in [-0.39, 0.29) is 18.7 Å². The average molecular weight is 439 g/mol. The molecule has 0 aliphatic carbocycles. The maximum absolute atomic E-state index is 14.1. The van der Waals surface area contributed by atoms with E-state index in [1.165, 1.54) is 12.1 Å². The second kappa shape index (κ2) is 10.1. The van der Waals surface area contributed by atoms with Gasteiger partial charge in [0.1, 0.15) is 22.9 Å². The monoisotopic (exact) mass is 439 g/mol. The van der Waals surface area contributed by atoms with Crippen molar-refractivity contribution >= 4 is 17.3 Å². The Morgan fingerprint density at radius 3 is 2.78 bits per heavy atom. The molecular weight excluding hydrogens is 413 g/mol. The molecule has 0 unspecified atom stereocenters. The Morgan fingerprint density at radius 1 is 1.31 bits per heavy atom. The zero-order valence-corrected chi connectivity index (χ0v) is 18.0. The SMILES string of the molecule is CN=C(C)C(CCOc1ccc(F)cc1-c1ccc2ncc(CCN)n2c1)=C(N)C(=O)O. The first-order valence-corrected chi connectivity index (χ1v) is 10.1. The number of rotatable bonds is 9. The van der Waals surface area contributed by atoms with Gasteiger partial charge in [0.25, 0.3) is 0 Å². The fourth-order valence-corrected chi connectivity index (χ4v) is 3.41. The molecule has 9 heteroatoms. The molecule has 8 nitrogen and oxygen atoms in total. The molecule has 168 valence electrons. The quantitative estimate of drug-likeness (QED) is 0.347. The molecule has 3 aromatic rings. The number of aliphatic imine (C=N–C) groups is 1. The summed E-state index contributed by atoms with van der Waals surface area (Å²) < 4.78 is 21.9. The summed E-state index contributed by atoms with van der Waals surface area (Å²) in [6.45, 7) is 2.32. The lowest BCUT2D eigenvalue weighted by atomic mass is 10.1. The number of carboxylic acids is 1. The van der Waals surface area contributed by atoms with Crippen LogP contribution in [0.2, 0.25) is 0 Å². The summed E-state index contributed by atoms with van der Waals surface area (Å²) in [6.07, 6.45) is 4.54. The normalized spacial score (nSPS) is 12.7. The molecule has 0 aliphatic heterocycles. The highest BCUT2D eigenvalue weighted by Crippen LogP contribution is 2.31. The van der Waals surface area contributed by atoms with Crippen molar-refractivity contribution in [3.05, 3.63) is 65.5 Å². The number of nitrogens with two attached hydrogens (primary N) is 2. The van der Waals surface area contributed by atoms with Crippen LogP contribution in [0.15, 0.2) is 59.0 Å². The van der Waals surface area contributed by atoms with Gasteiger partial charge in [-0.05, 0) is 43.8 Å². The average Bonchev–Trinajstić information content (AvgIpc) is 3.19. The second-order valence-electron chi connectivity index (χ2n) is 7.18. The van der Waals surface area contributed by atoms with E-state index in [0.717, 1.165) is 16.9 Å². The lowest BCUT2D eigenvalue weighted by Gasteiger charge is -2.14. The van der Waals surface area contributed by atoms with Gasteiger partial charge in [-0.2, -0.15) is 0 Å². The van der Waals surface area contributed by atoms with Gasteiger partial charge < -0.3 is 25.7 Å². The molecule has 0 atom stereocenters. The third-order valence-corrected chi connectivity index (χ3v) is 5.17. The number of halogens is 1. The van der Waals surface area contributed by atoms with Crippen LogP contribution in [-0.2, 0) is 11.2 Å². The van der Waals surface area contributed by atoms with Gasteiger partial charge in [0, 0.05) is 60.4 Å². The van der Waals surface area contributed by atoms with Crippen LogP contribution in [0, 0.1) is 5.82 Å². The Hall–Kier alpha value is -3.72. The van der Waals surface area contributed by atoms with Gasteiger partial charge in [-0.25, -0.2) is 14.2 Å². The summed E-state index contributed by atoms with van der Waals surface area (Å²) in [5.41, 5.74) is 15.1. The van der Waals surface area contributed by atoms with Crippen molar-refractivity contribution < 1.29 is 19.0 Å². The molecule has 0 saturated heterocycles. The summed E-state index contributed by atoms with van der Waals surface area (Å²) in [7, 11) is 1.56. The summed E-state index contributed by atoms with van der Waals surface area (Å²) in [5.74, 6) is -1.15. The number of benzene rings is 1. The van der Waals surface area contributed by atoms with E-state index in [0.29, 0.717) is 35.6 Å². The Bertz CT molecular complexity index is 1200. The van der Waals surface area contributed by atoms with Crippen LogP contribution in [-0.4, -0.2) is 46.4 Å². The lowest BCUT2D eigenvalue weighted by molar-refractivity contribution is -0.132. The largest absolute Gasteiger partial charge is 0.493 e. The van der Waals surface area contributed by atoms with Crippen molar-refractivity contribution in [3.63, 3.8) is 0 Å². The highest BCUT2D eigenvalue weighted by molar-refractivity contribution is 6.04. The number of carboxylic acid groups (broad SMARTS) is 1. The van der Waals surface area contributed by atoms with Crippen molar-refractivity contribution in [2.45, 2.75) is 19.8 Å². The maximum atomic E-state index is 14.1. The summed E-state index contributed by atoms with van der Waals surface area (Å²) >= 11 is 0. The fourth-order valence-electron chi connectivity index (χ4n) is 3.41. The Kier molecular flexibility index (Phi) is 7.21. The molecule has 0 aliphatic rings. The molecule has 5 N–H and O–H groups in total. The van der Waals surface area contributed by atoms with E-state index in [2.05, 4.69) is 9.98 Å². The molecule has 2 aromatic heterocycles. The molecule has 0 bridgehead atoms. The summed E-state index contributed by atoms with van der Waals surface area (Å²) in [5, 5.41) is 9.23. The number of pyridine rings is 1. The summed E-state index contributed by atoms with van der Waals surface area (Å²) in [4.78, 5) is 19.7. The molecule has 1 aromatic carbocycles. The molecule has 0 spiro atoms. The van der Waals surface area contributed by atoms with E-state index in [1.54, 1.807) is 26.2 Å². The van der Waals surface area contributed by atoms with Gasteiger partial charge in [0.05, 0.1) is 6.61 Å². The van der Waals surface area contributed by atoms with Crippen LogP contribution >= 0.6 is 0 Å². The smallest absolute Gasteiger partial charge is 0.352 e. The molecule has 32 heavy (non-hydrogen) atoms.